The van der Waals surface area contributed by atoms with Gasteiger partial charge in [0.25, 0.3) is 10.2 Å². The molecule has 0 N–H and O–H groups in total. The van der Waals surface area contributed by atoms with E-state index in [1.54, 1.807) is 11.0 Å². The van der Waals surface area contributed by atoms with Crippen LogP contribution in [0.3, 0.4) is 0 Å². The second kappa shape index (κ2) is 6.18. The minimum atomic E-state index is -3.36. The molecule has 124 valence electrons. The van der Waals surface area contributed by atoms with Crippen LogP contribution in [0, 0.1) is 0 Å². The van der Waals surface area contributed by atoms with Crippen molar-refractivity contribution in [2.24, 2.45) is 0 Å². The Labute approximate surface area is 134 Å². The highest BCUT2D eigenvalue weighted by atomic mass is 32.2. The summed E-state index contributed by atoms with van der Waals surface area (Å²) in [6.45, 7) is 1.98. The van der Waals surface area contributed by atoms with E-state index in [1.165, 1.54) is 35.4 Å². The minimum absolute atomic E-state index is 0.420. The van der Waals surface area contributed by atoms with Crippen LogP contribution in [0.25, 0.3) is 5.82 Å². The standard InChI is InChI=1S/C12H18N8O2S/c1-17(2)23(21,22)19-5-3-18(4-6-19)11-7-12(15-9-14-11)20-10-13-8-16-20/h7-10H,3-6H2,1-2H3. The van der Waals surface area contributed by atoms with Crippen LogP contribution < -0.4 is 4.90 Å². The maximum absolute atomic E-state index is 12.1. The summed E-state index contributed by atoms with van der Waals surface area (Å²) in [6, 6.07) is 1.81. The molecule has 3 heterocycles. The van der Waals surface area contributed by atoms with Gasteiger partial charge in [-0.2, -0.15) is 22.1 Å². The Morgan fingerprint density at radius 3 is 2.35 bits per heavy atom. The van der Waals surface area contributed by atoms with E-state index in [-0.39, 0.29) is 0 Å². The van der Waals surface area contributed by atoms with E-state index in [4.69, 9.17) is 0 Å². The molecule has 10 nitrogen and oxygen atoms in total. The molecular formula is C12H18N8O2S. The smallest absolute Gasteiger partial charge is 0.281 e. The van der Waals surface area contributed by atoms with E-state index >= 15 is 0 Å². The molecular weight excluding hydrogens is 320 g/mol. The van der Waals surface area contributed by atoms with Gasteiger partial charge in [0.15, 0.2) is 5.82 Å². The predicted octanol–water partition coefficient (Wildman–Crippen LogP) is -1.01. The third-order valence-electron chi connectivity index (χ3n) is 3.64. The van der Waals surface area contributed by atoms with Crippen molar-refractivity contribution in [3.8, 4) is 5.82 Å². The largest absolute Gasteiger partial charge is 0.354 e. The Hall–Kier alpha value is -2.11. The Morgan fingerprint density at radius 2 is 1.74 bits per heavy atom. The summed E-state index contributed by atoms with van der Waals surface area (Å²) >= 11 is 0. The average molecular weight is 338 g/mol. The molecule has 11 heteroatoms. The van der Waals surface area contributed by atoms with Crippen LogP contribution >= 0.6 is 0 Å². The van der Waals surface area contributed by atoms with Crippen LogP contribution in [-0.4, -0.2) is 82.0 Å². The number of piperazine rings is 1. The minimum Gasteiger partial charge on any atom is -0.354 e. The van der Waals surface area contributed by atoms with E-state index in [9.17, 15) is 8.42 Å². The molecule has 2 aromatic rings. The molecule has 0 spiro atoms. The average Bonchev–Trinajstić information content (AvgIpc) is 3.09. The quantitative estimate of drug-likeness (QED) is 0.704. The summed E-state index contributed by atoms with van der Waals surface area (Å²) in [6.07, 6.45) is 4.47. The van der Waals surface area contributed by atoms with Crippen LogP contribution in [0.4, 0.5) is 5.82 Å². The maximum atomic E-state index is 12.1. The number of nitrogens with zero attached hydrogens (tertiary/aromatic N) is 8. The zero-order valence-electron chi connectivity index (χ0n) is 12.9. The third-order valence-corrected chi connectivity index (χ3v) is 5.58. The summed E-state index contributed by atoms with van der Waals surface area (Å²) in [7, 11) is -0.288. The Kier molecular flexibility index (Phi) is 4.24. The second-order valence-electron chi connectivity index (χ2n) is 5.25. The van der Waals surface area contributed by atoms with E-state index in [0.29, 0.717) is 32.0 Å². The molecule has 0 radical (unpaired) electrons. The Balaban J connectivity index is 1.72. The molecule has 0 saturated carbocycles. The summed E-state index contributed by atoms with van der Waals surface area (Å²) in [5.41, 5.74) is 0. The Morgan fingerprint density at radius 1 is 1.04 bits per heavy atom. The molecule has 23 heavy (non-hydrogen) atoms. The highest BCUT2D eigenvalue weighted by Crippen LogP contribution is 2.17. The van der Waals surface area contributed by atoms with Crippen molar-refractivity contribution < 1.29 is 8.42 Å². The topological polar surface area (TPSA) is 100 Å². The molecule has 1 aliphatic rings. The molecule has 0 aromatic carbocycles. The summed E-state index contributed by atoms with van der Waals surface area (Å²) in [4.78, 5) is 14.4. The van der Waals surface area contributed by atoms with Crippen LogP contribution in [0.15, 0.2) is 25.0 Å². The molecule has 0 bridgehead atoms. The van der Waals surface area contributed by atoms with Crippen molar-refractivity contribution in [3.63, 3.8) is 0 Å². The van der Waals surface area contributed by atoms with Gasteiger partial charge >= 0.3 is 0 Å². The first-order valence-corrected chi connectivity index (χ1v) is 8.48. The first-order valence-electron chi connectivity index (χ1n) is 7.08. The normalized spacial score (nSPS) is 16.9. The maximum Gasteiger partial charge on any atom is 0.281 e. The van der Waals surface area contributed by atoms with Gasteiger partial charge in [-0.15, -0.1) is 0 Å². The van der Waals surface area contributed by atoms with E-state index in [1.807, 2.05) is 11.0 Å². The fourth-order valence-electron chi connectivity index (χ4n) is 2.34. The zero-order chi connectivity index (χ0) is 16.4. The summed E-state index contributed by atoms with van der Waals surface area (Å²) in [5.74, 6) is 1.36. The third kappa shape index (κ3) is 3.16. The van der Waals surface area contributed by atoms with Crippen molar-refractivity contribution in [2.75, 3.05) is 45.2 Å². The van der Waals surface area contributed by atoms with Gasteiger partial charge in [0, 0.05) is 46.3 Å². The lowest BCUT2D eigenvalue weighted by molar-refractivity contribution is 0.355. The molecule has 1 aliphatic heterocycles. The van der Waals surface area contributed by atoms with Gasteiger partial charge in [-0.25, -0.2) is 19.6 Å². The fourth-order valence-corrected chi connectivity index (χ4v) is 3.43. The number of rotatable bonds is 4. The fraction of sp³-hybridized carbons (Fsp3) is 0.500. The number of hydrogen-bond donors (Lipinski definition) is 0. The van der Waals surface area contributed by atoms with Crippen LogP contribution in [0.2, 0.25) is 0 Å². The second-order valence-corrected chi connectivity index (χ2v) is 7.39. The van der Waals surface area contributed by atoms with Gasteiger partial charge in [0.1, 0.15) is 24.8 Å². The number of anilines is 1. The van der Waals surface area contributed by atoms with E-state index < -0.39 is 10.2 Å². The van der Waals surface area contributed by atoms with E-state index in [2.05, 4.69) is 20.1 Å². The van der Waals surface area contributed by atoms with Gasteiger partial charge in [-0.1, -0.05) is 0 Å². The van der Waals surface area contributed by atoms with Crippen LogP contribution in [0.5, 0.6) is 0 Å². The molecule has 0 amide bonds. The van der Waals surface area contributed by atoms with Gasteiger partial charge in [0.05, 0.1) is 0 Å². The summed E-state index contributed by atoms with van der Waals surface area (Å²) < 4.78 is 28.5. The lowest BCUT2D eigenvalue weighted by Crippen LogP contribution is -2.51. The first kappa shape index (κ1) is 15.8. The van der Waals surface area contributed by atoms with Gasteiger partial charge in [-0.05, 0) is 0 Å². The van der Waals surface area contributed by atoms with Crippen molar-refractivity contribution in [1.29, 1.82) is 0 Å². The van der Waals surface area contributed by atoms with Crippen LogP contribution in [-0.2, 0) is 10.2 Å². The molecule has 3 rings (SSSR count). The molecule has 2 aromatic heterocycles. The van der Waals surface area contributed by atoms with Crippen LogP contribution in [0.1, 0.15) is 0 Å². The molecule has 0 aliphatic carbocycles. The lowest BCUT2D eigenvalue weighted by atomic mass is 10.3. The van der Waals surface area contributed by atoms with Crippen molar-refractivity contribution in [1.82, 2.24) is 33.3 Å². The SMILES string of the molecule is CN(C)S(=O)(=O)N1CCN(c2cc(-n3cncn3)ncn2)CC1. The van der Waals surface area contributed by atoms with Crippen molar-refractivity contribution >= 4 is 16.0 Å². The highest BCUT2D eigenvalue weighted by molar-refractivity contribution is 7.86. The first-order chi connectivity index (χ1) is 11.0. The van der Waals surface area contributed by atoms with Gasteiger partial charge in [0.2, 0.25) is 0 Å². The highest BCUT2D eigenvalue weighted by Gasteiger charge is 2.29. The zero-order valence-corrected chi connectivity index (χ0v) is 13.8. The Bertz CT molecular complexity index is 753. The molecule has 1 saturated heterocycles. The number of aromatic nitrogens is 5. The van der Waals surface area contributed by atoms with Crippen molar-refractivity contribution in [2.45, 2.75) is 0 Å². The van der Waals surface area contributed by atoms with Crippen molar-refractivity contribution in [3.05, 3.63) is 25.0 Å². The number of hydrogen-bond acceptors (Lipinski definition) is 7. The molecule has 0 unspecified atom stereocenters. The lowest BCUT2D eigenvalue weighted by Gasteiger charge is -2.35. The van der Waals surface area contributed by atoms with Gasteiger partial charge < -0.3 is 4.90 Å². The monoisotopic (exact) mass is 338 g/mol. The summed E-state index contributed by atoms with van der Waals surface area (Å²) in [5, 5.41) is 4.04. The molecule has 1 fully saturated rings. The van der Waals surface area contributed by atoms with E-state index in [0.717, 1.165) is 5.82 Å². The predicted molar refractivity (Wildman–Crippen MR) is 83.3 cm³/mol. The van der Waals surface area contributed by atoms with Gasteiger partial charge in [-0.3, -0.25) is 0 Å². The molecule has 0 atom stereocenters.